The van der Waals surface area contributed by atoms with Gasteiger partial charge in [0.05, 0.1) is 26.4 Å². The summed E-state index contributed by atoms with van der Waals surface area (Å²) < 4.78 is 69.0. The fourth-order valence-corrected chi connectivity index (χ4v) is 15.4. The van der Waals surface area contributed by atoms with E-state index >= 15 is 0 Å². The van der Waals surface area contributed by atoms with E-state index < -0.39 is 97.5 Å². The van der Waals surface area contributed by atoms with Gasteiger partial charge < -0.3 is 33.8 Å². The molecular weight excluding hydrogens is 1400 g/mol. The lowest BCUT2D eigenvalue weighted by molar-refractivity contribution is -0.161. The Balaban J connectivity index is 5.25. The normalized spacial score (nSPS) is 14.1. The van der Waals surface area contributed by atoms with E-state index in [1.54, 1.807) is 0 Å². The molecule has 0 aromatic carbocycles. The third kappa shape index (κ3) is 80.7. The highest BCUT2D eigenvalue weighted by Gasteiger charge is 2.31. The van der Waals surface area contributed by atoms with Crippen LogP contribution in [0.15, 0.2) is 0 Å². The summed E-state index contributed by atoms with van der Waals surface area (Å²) in [6, 6.07) is 0. The standard InChI is InChI=1S/C89H174O17P2/c1-8-10-11-12-13-14-15-16-17-25-31-36-43-51-58-65-72-89(94)106-85(77-100-87(92)71-64-57-50-45-38-40-47-54-61-68-81(5)6)79-104-108(97,98)102-75-83(90)74-101-107(95,96)103-78-84(76-99-86(91)70-63-56-49-42-35-30-27-22-23-28-33-39-46-53-60-67-80(3)4)105-88(93)73-66-59-52-44-37-32-26-21-19-18-20-24-29-34-41-48-55-62-69-82(7)9-2/h80-85,90H,8-79H2,1-7H3,(H,95,96)(H,97,98)/t82?,83-,84-,85-/m1/s1. The van der Waals surface area contributed by atoms with Gasteiger partial charge in [-0.25, -0.2) is 9.13 Å². The monoisotopic (exact) mass is 1580 g/mol. The first-order valence-corrected chi connectivity index (χ1v) is 48.9. The van der Waals surface area contributed by atoms with Crippen molar-refractivity contribution < 1.29 is 80.2 Å². The van der Waals surface area contributed by atoms with Gasteiger partial charge in [0.1, 0.15) is 19.3 Å². The number of carbonyl (C=O) groups excluding carboxylic acids is 4. The van der Waals surface area contributed by atoms with Crippen molar-refractivity contribution in [1.82, 2.24) is 0 Å². The summed E-state index contributed by atoms with van der Waals surface area (Å²) >= 11 is 0. The predicted molar refractivity (Wildman–Crippen MR) is 446 cm³/mol. The Kier molecular flexibility index (Phi) is 77.5. The fraction of sp³-hybridized carbons (Fsp3) is 0.955. The number of unbranched alkanes of at least 4 members (excludes halogenated alkanes) is 54. The Labute approximate surface area is 664 Å². The molecule has 0 aliphatic carbocycles. The first-order chi connectivity index (χ1) is 52.3. The highest BCUT2D eigenvalue weighted by atomic mass is 31.2. The molecule has 0 fully saturated rings. The minimum Gasteiger partial charge on any atom is -0.462 e. The van der Waals surface area contributed by atoms with Crippen molar-refractivity contribution in [1.29, 1.82) is 0 Å². The molecule has 0 aliphatic heterocycles. The second-order valence-corrected chi connectivity index (χ2v) is 36.1. The van der Waals surface area contributed by atoms with Crippen LogP contribution in [0.25, 0.3) is 0 Å². The first kappa shape index (κ1) is 106. The molecule has 0 spiro atoms. The molecule has 6 atom stereocenters. The van der Waals surface area contributed by atoms with Gasteiger partial charge in [-0.05, 0) is 43.4 Å². The molecule has 0 aromatic heterocycles. The van der Waals surface area contributed by atoms with Crippen molar-refractivity contribution in [3.8, 4) is 0 Å². The van der Waals surface area contributed by atoms with Crippen molar-refractivity contribution in [3.05, 3.63) is 0 Å². The van der Waals surface area contributed by atoms with E-state index in [1.165, 1.54) is 283 Å². The van der Waals surface area contributed by atoms with Crippen LogP contribution in [-0.2, 0) is 65.4 Å². The lowest BCUT2D eigenvalue weighted by atomic mass is 9.99. The average Bonchev–Trinajstić information content (AvgIpc) is 0.898. The Morgan fingerprint density at radius 3 is 0.704 bits per heavy atom. The van der Waals surface area contributed by atoms with Crippen LogP contribution < -0.4 is 0 Å². The number of hydrogen-bond acceptors (Lipinski definition) is 15. The predicted octanol–water partition coefficient (Wildman–Crippen LogP) is 27.3. The lowest BCUT2D eigenvalue weighted by Gasteiger charge is -2.21. The van der Waals surface area contributed by atoms with Crippen molar-refractivity contribution in [2.75, 3.05) is 39.6 Å². The molecule has 0 rings (SSSR count). The smallest absolute Gasteiger partial charge is 0.462 e. The second kappa shape index (κ2) is 78.9. The van der Waals surface area contributed by atoms with Crippen LogP contribution in [-0.4, -0.2) is 96.7 Å². The third-order valence-electron chi connectivity index (χ3n) is 21.2. The molecule has 0 amide bonds. The number of carbonyl (C=O) groups is 4. The van der Waals surface area contributed by atoms with Gasteiger partial charge in [-0.3, -0.25) is 37.3 Å². The quantitative estimate of drug-likeness (QED) is 0.0222. The van der Waals surface area contributed by atoms with Crippen molar-refractivity contribution in [2.45, 2.75) is 491 Å². The number of phosphoric ester groups is 2. The Hall–Kier alpha value is -1.94. The summed E-state index contributed by atoms with van der Waals surface area (Å²) in [6.45, 7) is 12.1. The zero-order valence-corrected chi connectivity index (χ0v) is 73.1. The molecule has 3 N–H and O–H groups in total. The minimum absolute atomic E-state index is 0.108. The van der Waals surface area contributed by atoms with Crippen LogP contribution in [0.5, 0.6) is 0 Å². The average molecular weight is 1580 g/mol. The van der Waals surface area contributed by atoms with Crippen LogP contribution in [0.4, 0.5) is 0 Å². The molecule has 0 saturated heterocycles. The van der Waals surface area contributed by atoms with Gasteiger partial charge in [0.2, 0.25) is 0 Å². The summed E-state index contributed by atoms with van der Waals surface area (Å²) in [5.41, 5.74) is 0. The van der Waals surface area contributed by atoms with E-state index in [1.807, 2.05) is 0 Å². The van der Waals surface area contributed by atoms with E-state index in [0.29, 0.717) is 25.7 Å². The molecule has 0 saturated carbocycles. The SMILES string of the molecule is CCCCCCCCCCCCCCCCCCC(=O)O[C@H](COC(=O)CCCCCCCCCCCC(C)C)COP(=O)(O)OC[C@H](O)COP(=O)(O)OC[C@@H](COC(=O)CCCCCCCCCCCCCCCCCC(C)C)OC(=O)CCCCCCCCCCCCCCCCCCCCC(C)CC. The summed E-state index contributed by atoms with van der Waals surface area (Å²) in [4.78, 5) is 73.4. The topological polar surface area (TPSA) is 237 Å². The Morgan fingerprint density at radius 1 is 0.269 bits per heavy atom. The highest BCUT2D eigenvalue weighted by Crippen LogP contribution is 2.45. The molecular formula is C89H174O17P2. The number of phosphoric acid groups is 2. The summed E-state index contributed by atoms with van der Waals surface area (Å²) in [5, 5.41) is 10.7. The maximum absolute atomic E-state index is 13.2. The summed E-state index contributed by atoms with van der Waals surface area (Å²) in [5.74, 6) is 0.321. The Morgan fingerprint density at radius 2 is 0.472 bits per heavy atom. The van der Waals surface area contributed by atoms with E-state index in [4.69, 9.17) is 37.0 Å². The molecule has 0 radical (unpaired) electrons. The molecule has 108 heavy (non-hydrogen) atoms. The van der Waals surface area contributed by atoms with Gasteiger partial charge in [-0.15, -0.1) is 0 Å². The molecule has 0 aliphatic rings. The highest BCUT2D eigenvalue weighted by molar-refractivity contribution is 7.47. The molecule has 0 bridgehead atoms. The molecule has 3 unspecified atom stereocenters. The summed E-state index contributed by atoms with van der Waals surface area (Å²) in [7, 11) is -9.93. The largest absolute Gasteiger partial charge is 0.472 e. The Bertz CT molecular complexity index is 2080. The van der Waals surface area contributed by atoms with Crippen molar-refractivity contribution in [3.63, 3.8) is 0 Å². The van der Waals surface area contributed by atoms with E-state index in [9.17, 15) is 43.2 Å². The van der Waals surface area contributed by atoms with Gasteiger partial charge in [0.15, 0.2) is 12.2 Å². The number of aliphatic hydroxyl groups excluding tert-OH is 1. The van der Waals surface area contributed by atoms with Crippen LogP contribution in [0, 0.1) is 17.8 Å². The van der Waals surface area contributed by atoms with Gasteiger partial charge in [0, 0.05) is 25.7 Å². The molecule has 642 valence electrons. The van der Waals surface area contributed by atoms with E-state index in [-0.39, 0.29) is 25.7 Å². The van der Waals surface area contributed by atoms with Crippen LogP contribution >= 0.6 is 15.6 Å². The minimum atomic E-state index is -4.97. The van der Waals surface area contributed by atoms with E-state index in [2.05, 4.69) is 48.5 Å². The van der Waals surface area contributed by atoms with Gasteiger partial charge in [-0.1, -0.05) is 421 Å². The van der Waals surface area contributed by atoms with Crippen molar-refractivity contribution >= 4 is 39.5 Å². The van der Waals surface area contributed by atoms with E-state index in [0.717, 1.165) is 108 Å². The van der Waals surface area contributed by atoms with Gasteiger partial charge >= 0.3 is 39.5 Å². The lowest BCUT2D eigenvalue weighted by Crippen LogP contribution is -2.30. The zero-order valence-electron chi connectivity index (χ0n) is 71.3. The summed E-state index contributed by atoms with van der Waals surface area (Å²) in [6.07, 6.45) is 70.8. The van der Waals surface area contributed by atoms with Gasteiger partial charge in [-0.2, -0.15) is 0 Å². The number of rotatable bonds is 87. The number of aliphatic hydroxyl groups is 1. The molecule has 0 heterocycles. The first-order valence-electron chi connectivity index (χ1n) is 45.9. The fourth-order valence-electron chi connectivity index (χ4n) is 13.9. The van der Waals surface area contributed by atoms with Crippen LogP contribution in [0.3, 0.4) is 0 Å². The number of hydrogen-bond donors (Lipinski definition) is 3. The van der Waals surface area contributed by atoms with Gasteiger partial charge in [0.25, 0.3) is 0 Å². The zero-order chi connectivity index (χ0) is 79.3. The van der Waals surface area contributed by atoms with Crippen LogP contribution in [0.1, 0.15) is 472 Å². The third-order valence-corrected chi connectivity index (χ3v) is 23.1. The number of esters is 4. The maximum atomic E-state index is 13.2. The maximum Gasteiger partial charge on any atom is 0.472 e. The second-order valence-electron chi connectivity index (χ2n) is 33.2. The van der Waals surface area contributed by atoms with Crippen molar-refractivity contribution in [2.24, 2.45) is 17.8 Å². The van der Waals surface area contributed by atoms with Crippen LogP contribution in [0.2, 0.25) is 0 Å². The molecule has 17 nitrogen and oxygen atoms in total. The molecule has 0 aromatic rings. The number of ether oxygens (including phenoxy) is 4. The molecule has 19 heteroatoms.